The minimum Gasteiger partial charge on any atom is -0.382 e. The molecule has 0 saturated carbocycles. The van der Waals surface area contributed by atoms with E-state index in [1.54, 1.807) is 7.11 Å². The molecule has 0 radical (unpaired) electrons. The average Bonchev–Trinajstić information content (AvgIpc) is 3.24. The maximum Gasteiger partial charge on any atom is 0.239 e. The molecule has 8 nitrogen and oxygen atoms in total. The van der Waals surface area contributed by atoms with Gasteiger partial charge in [-0.05, 0) is 26.2 Å². The largest absolute Gasteiger partial charge is 0.382 e. The van der Waals surface area contributed by atoms with Crippen LogP contribution in [0.25, 0.3) is 0 Å². The second kappa shape index (κ2) is 12.2. The van der Waals surface area contributed by atoms with E-state index in [0.29, 0.717) is 13.2 Å². The summed E-state index contributed by atoms with van der Waals surface area (Å²) in [5, 5.41) is 3.41. The van der Waals surface area contributed by atoms with Crippen LogP contribution in [0.15, 0.2) is 4.99 Å². The number of ether oxygens (including phenoxy) is 2. The fourth-order valence-electron chi connectivity index (χ4n) is 3.63. The highest BCUT2D eigenvalue weighted by Crippen LogP contribution is 2.14. The van der Waals surface area contributed by atoms with E-state index in [-0.39, 0.29) is 11.9 Å². The zero-order valence-electron chi connectivity index (χ0n) is 17.3. The molecule has 0 aliphatic carbocycles. The number of carbonyl (C=O) groups is 1. The maximum absolute atomic E-state index is 12.6. The Balaban J connectivity index is 1.66. The van der Waals surface area contributed by atoms with Gasteiger partial charge in [0.15, 0.2) is 5.96 Å². The van der Waals surface area contributed by atoms with Gasteiger partial charge in [-0.3, -0.25) is 14.7 Å². The van der Waals surface area contributed by atoms with E-state index >= 15 is 0 Å². The van der Waals surface area contributed by atoms with Crippen LogP contribution >= 0.6 is 0 Å². The van der Waals surface area contributed by atoms with Gasteiger partial charge in [0.2, 0.25) is 5.91 Å². The van der Waals surface area contributed by atoms with E-state index < -0.39 is 0 Å². The molecule has 2 saturated heterocycles. The number of nitrogens with one attached hydrogen (secondary N) is 1. The van der Waals surface area contributed by atoms with Crippen molar-refractivity contribution in [3.05, 3.63) is 0 Å². The highest BCUT2D eigenvalue weighted by Gasteiger charge is 2.30. The molecular formula is C19H37N5O3. The van der Waals surface area contributed by atoms with E-state index in [1.807, 2.05) is 18.9 Å². The average molecular weight is 384 g/mol. The van der Waals surface area contributed by atoms with Crippen LogP contribution < -0.4 is 5.32 Å². The van der Waals surface area contributed by atoms with E-state index in [2.05, 4.69) is 20.1 Å². The van der Waals surface area contributed by atoms with Gasteiger partial charge in [0, 0.05) is 66.6 Å². The molecule has 0 aromatic rings. The van der Waals surface area contributed by atoms with Crippen LogP contribution in [-0.4, -0.2) is 112 Å². The lowest BCUT2D eigenvalue weighted by Crippen LogP contribution is -2.57. The molecule has 8 heteroatoms. The highest BCUT2D eigenvalue weighted by molar-refractivity contribution is 5.82. The molecule has 0 bridgehead atoms. The summed E-state index contributed by atoms with van der Waals surface area (Å²) in [5.74, 6) is 1.22. The zero-order valence-corrected chi connectivity index (χ0v) is 17.3. The lowest BCUT2D eigenvalue weighted by Gasteiger charge is -2.39. The van der Waals surface area contributed by atoms with Crippen LogP contribution in [0.3, 0.4) is 0 Å². The van der Waals surface area contributed by atoms with E-state index in [1.165, 1.54) is 0 Å². The number of nitrogens with zero attached hydrogens (tertiary/aromatic N) is 4. The van der Waals surface area contributed by atoms with Crippen LogP contribution in [0.1, 0.15) is 26.2 Å². The normalized spacial score (nSPS) is 20.2. The smallest absolute Gasteiger partial charge is 0.239 e. The SMILES string of the molecule is CN=C(NCCCOCCOC)N1CCN(C(C)C(=O)N2CCCC2)CC1. The predicted molar refractivity (Wildman–Crippen MR) is 107 cm³/mol. The van der Waals surface area contributed by atoms with E-state index in [0.717, 1.165) is 77.6 Å². The molecule has 2 heterocycles. The number of rotatable bonds is 9. The summed E-state index contributed by atoms with van der Waals surface area (Å²) in [5.41, 5.74) is 0. The highest BCUT2D eigenvalue weighted by atomic mass is 16.5. The zero-order chi connectivity index (χ0) is 19.5. The topological polar surface area (TPSA) is 69.6 Å². The number of methoxy groups -OCH3 is 1. The molecule has 1 amide bonds. The van der Waals surface area contributed by atoms with Crippen molar-refractivity contribution in [2.24, 2.45) is 4.99 Å². The number of hydrogen-bond acceptors (Lipinski definition) is 5. The summed E-state index contributed by atoms with van der Waals surface area (Å²) in [6, 6.07) is -0.0236. The summed E-state index contributed by atoms with van der Waals surface area (Å²) in [7, 11) is 3.50. The molecular weight excluding hydrogens is 346 g/mol. The fourth-order valence-corrected chi connectivity index (χ4v) is 3.63. The Hall–Kier alpha value is -1.38. The van der Waals surface area contributed by atoms with E-state index in [4.69, 9.17) is 9.47 Å². The molecule has 2 aliphatic heterocycles. The van der Waals surface area contributed by atoms with Crippen molar-refractivity contribution in [1.82, 2.24) is 20.0 Å². The Morgan fingerprint density at radius 3 is 2.37 bits per heavy atom. The third-order valence-electron chi connectivity index (χ3n) is 5.33. The van der Waals surface area contributed by atoms with Gasteiger partial charge >= 0.3 is 0 Å². The molecule has 2 aliphatic rings. The molecule has 27 heavy (non-hydrogen) atoms. The van der Waals surface area contributed by atoms with Gasteiger partial charge in [0.25, 0.3) is 0 Å². The summed E-state index contributed by atoms with van der Waals surface area (Å²) in [4.78, 5) is 23.6. The summed E-state index contributed by atoms with van der Waals surface area (Å²) in [6.45, 7) is 10.3. The quantitative estimate of drug-likeness (QED) is 0.350. The second-order valence-electron chi connectivity index (χ2n) is 7.16. The second-order valence-corrected chi connectivity index (χ2v) is 7.16. The molecule has 2 rings (SSSR count). The first-order chi connectivity index (χ1) is 13.2. The minimum atomic E-state index is -0.0236. The third-order valence-corrected chi connectivity index (χ3v) is 5.33. The van der Waals surface area contributed by atoms with Crippen molar-refractivity contribution in [2.45, 2.75) is 32.2 Å². The number of carbonyl (C=O) groups excluding carboxylic acids is 1. The number of likely N-dealkylation sites (tertiary alicyclic amines) is 1. The monoisotopic (exact) mass is 383 g/mol. The first kappa shape index (κ1) is 21.9. The fraction of sp³-hybridized carbons (Fsp3) is 0.895. The van der Waals surface area contributed by atoms with Gasteiger partial charge in [-0.2, -0.15) is 0 Å². The van der Waals surface area contributed by atoms with Crippen LogP contribution in [-0.2, 0) is 14.3 Å². The van der Waals surface area contributed by atoms with Gasteiger partial charge in [-0.15, -0.1) is 0 Å². The summed E-state index contributed by atoms with van der Waals surface area (Å²) in [6.07, 6.45) is 3.22. The van der Waals surface area contributed by atoms with E-state index in [9.17, 15) is 4.79 Å². The molecule has 0 aromatic heterocycles. The van der Waals surface area contributed by atoms with Gasteiger partial charge in [0.05, 0.1) is 19.3 Å². The van der Waals surface area contributed by atoms with Crippen LogP contribution in [0.5, 0.6) is 0 Å². The van der Waals surface area contributed by atoms with Crippen molar-refractivity contribution in [1.29, 1.82) is 0 Å². The first-order valence-electron chi connectivity index (χ1n) is 10.2. The molecule has 0 aromatic carbocycles. The minimum absolute atomic E-state index is 0.0236. The van der Waals surface area contributed by atoms with Gasteiger partial charge in [-0.25, -0.2) is 0 Å². The van der Waals surface area contributed by atoms with Gasteiger partial charge in [-0.1, -0.05) is 0 Å². The van der Waals surface area contributed by atoms with Crippen LogP contribution in [0.2, 0.25) is 0 Å². The van der Waals surface area contributed by atoms with Crippen molar-refractivity contribution >= 4 is 11.9 Å². The Morgan fingerprint density at radius 2 is 1.74 bits per heavy atom. The number of piperazine rings is 1. The molecule has 1 N–H and O–H groups in total. The Kier molecular flexibility index (Phi) is 9.86. The first-order valence-corrected chi connectivity index (χ1v) is 10.2. The standard InChI is InChI=1S/C19H37N5O3/c1-17(18(25)23-8-4-5-9-23)22-10-12-24(13-11-22)19(20-2)21-7-6-14-27-16-15-26-3/h17H,4-16H2,1-3H3,(H,20,21). The van der Waals surface area contributed by atoms with Gasteiger partial charge in [0.1, 0.15) is 0 Å². The van der Waals surface area contributed by atoms with Crippen LogP contribution in [0.4, 0.5) is 0 Å². The summed E-state index contributed by atoms with van der Waals surface area (Å²) < 4.78 is 10.4. The molecule has 1 unspecified atom stereocenters. The molecule has 156 valence electrons. The lowest BCUT2D eigenvalue weighted by molar-refractivity contribution is -0.135. The third kappa shape index (κ3) is 6.93. The van der Waals surface area contributed by atoms with Crippen molar-refractivity contribution in [3.63, 3.8) is 0 Å². The maximum atomic E-state index is 12.6. The lowest BCUT2D eigenvalue weighted by atomic mass is 10.2. The summed E-state index contributed by atoms with van der Waals surface area (Å²) >= 11 is 0. The number of guanidine groups is 1. The number of hydrogen-bond donors (Lipinski definition) is 1. The Bertz CT molecular complexity index is 460. The van der Waals surface area contributed by atoms with Gasteiger partial charge < -0.3 is 24.6 Å². The Morgan fingerprint density at radius 1 is 1.04 bits per heavy atom. The predicted octanol–water partition coefficient (Wildman–Crippen LogP) is 0.243. The van der Waals surface area contributed by atoms with Crippen LogP contribution in [0, 0.1) is 0 Å². The van der Waals surface area contributed by atoms with Crippen molar-refractivity contribution in [2.75, 3.05) is 79.8 Å². The van der Waals surface area contributed by atoms with Crippen molar-refractivity contribution < 1.29 is 14.3 Å². The Labute approximate surface area is 163 Å². The molecule has 2 fully saturated rings. The molecule has 1 atom stereocenters. The number of amides is 1. The molecule has 0 spiro atoms. The van der Waals surface area contributed by atoms with Crippen molar-refractivity contribution in [3.8, 4) is 0 Å². The number of aliphatic imine (C=N–C) groups is 1.